The van der Waals surface area contributed by atoms with Crippen LogP contribution in [0, 0.1) is 24.0 Å². The topological polar surface area (TPSA) is 117 Å². The zero-order chi connectivity index (χ0) is 29.3. The fraction of sp³-hybridized carbons (Fsp3) is 0.200. The standard InChI is InChI=1S/C30H27BrN6O4/c1-5-18(2)29-34-27-12-6-22(31)15-26(27)30(38)36(29)33-16-21-14-19(3)35(20(21)4)23-7-10-25(11-8-23)41-28-13-9-24(17-32-28)37(39)40/h6-18H,5H2,1-4H3/t18-/m1/s1. The maximum atomic E-state index is 13.5. The number of nitrogens with zero attached hydrogens (tertiary/aromatic N) is 6. The molecule has 2 aromatic carbocycles. The molecule has 0 aliphatic carbocycles. The van der Waals surface area contributed by atoms with Gasteiger partial charge in [-0.05, 0) is 68.8 Å². The minimum absolute atomic E-state index is 0.0438. The average molecular weight is 615 g/mol. The van der Waals surface area contributed by atoms with Gasteiger partial charge in [-0.1, -0.05) is 29.8 Å². The summed E-state index contributed by atoms with van der Waals surface area (Å²) in [6.45, 7) is 8.09. The van der Waals surface area contributed by atoms with Crippen molar-refractivity contribution in [2.24, 2.45) is 5.10 Å². The first kappa shape index (κ1) is 27.9. The van der Waals surface area contributed by atoms with Crippen LogP contribution in [-0.4, -0.2) is 30.3 Å². The number of halogens is 1. The summed E-state index contributed by atoms with van der Waals surface area (Å²) >= 11 is 3.45. The molecule has 208 valence electrons. The highest BCUT2D eigenvalue weighted by Gasteiger charge is 2.16. The van der Waals surface area contributed by atoms with Gasteiger partial charge in [-0.25, -0.2) is 9.97 Å². The van der Waals surface area contributed by atoms with Gasteiger partial charge in [0.05, 0.1) is 22.0 Å². The van der Waals surface area contributed by atoms with Crippen molar-refractivity contribution in [3.05, 3.63) is 115 Å². The molecule has 0 saturated heterocycles. The van der Waals surface area contributed by atoms with E-state index < -0.39 is 4.92 Å². The van der Waals surface area contributed by atoms with Crippen molar-refractivity contribution < 1.29 is 9.66 Å². The predicted molar refractivity (Wildman–Crippen MR) is 162 cm³/mol. The van der Waals surface area contributed by atoms with E-state index in [-0.39, 0.29) is 23.0 Å². The van der Waals surface area contributed by atoms with Gasteiger partial charge >= 0.3 is 0 Å². The van der Waals surface area contributed by atoms with Gasteiger partial charge in [0, 0.05) is 45.2 Å². The lowest BCUT2D eigenvalue weighted by Crippen LogP contribution is -2.23. The first-order valence-corrected chi connectivity index (χ1v) is 13.8. The summed E-state index contributed by atoms with van der Waals surface area (Å²) in [5.74, 6) is 1.47. The number of aryl methyl sites for hydroxylation is 1. The highest BCUT2D eigenvalue weighted by Crippen LogP contribution is 2.26. The van der Waals surface area contributed by atoms with E-state index in [0.717, 1.165) is 39.7 Å². The summed E-state index contributed by atoms with van der Waals surface area (Å²) in [5.41, 5.74) is 4.06. The van der Waals surface area contributed by atoms with E-state index in [0.29, 0.717) is 22.5 Å². The van der Waals surface area contributed by atoms with Crippen molar-refractivity contribution in [2.75, 3.05) is 0 Å². The predicted octanol–water partition coefficient (Wildman–Crippen LogP) is 7.06. The van der Waals surface area contributed by atoms with E-state index in [4.69, 9.17) is 9.72 Å². The molecule has 0 saturated carbocycles. The van der Waals surface area contributed by atoms with Crippen LogP contribution in [0.5, 0.6) is 11.6 Å². The Balaban J connectivity index is 1.44. The molecule has 5 rings (SSSR count). The fourth-order valence-electron chi connectivity index (χ4n) is 4.54. The average Bonchev–Trinajstić information content (AvgIpc) is 3.25. The van der Waals surface area contributed by atoms with Crippen molar-refractivity contribution in [2.45, 2.75) is 40.0 Å². The van der Waals surface area contributed by atoms with Gasteiger partial charge in [0.2, 0.25) is 5.88 Å². The van der Waals surface area contributed by atoms with Gasteiger partial charge in [-0.2, -0.15) is 9.78 Å². The normalized spacial score (nSPS) is 12.2. The number of hydrogen-bond donors (Lipinski definition) is 0. The van der Waals surface area contributed by atoms with Crippen molar-refractivity contribution in [1.29, 1.82) is 0 Å². The van der Waals surface area contributed by atoms with Crippen molar-refractivity contribution in [1.82, 2.24) is 19.2 Å². The monoisotopic (exact) mass is 614 g/mol. The van der Waals surface area contributed by atoms with Gasteiger partial charge in [-0.3, -0.25) is 14.9 Å². The molecule has 0 radical (unpaired) electrons. The summed E-state index contributed by atoms with van der Waals surface area (Å²) < 4.78 is 10.0. The second kappa shape index (κ2) is 11.5. The molecule has 0 amide bonds. The molecule has 0 spiro atoms. The van der Waals surface area contributed by atoms with Crippen LogP contribution in [0.4, 0.5) is 5.69 Å². The second-order valence-electron chi connectivity index (χ2n) is 9.67. The number of pyridine rings is 1. The van der Waals surface area contributed by atoms with E-state index in [2.05, 4.69) is 37.5 Å². The molecule has 0 N–H and O–H groups in total. The molecule has 5 aromatic rings. The molecule has 1 atom stereocenters. The molecule has 0 aliphatic heterocycles. The van der Waals surface area contributed by atoms with Gasteiger partial charge in [0.1, 0.15) is 17.8 Å². The SMILES string of the molecule is CC[C@@H](C)c1nc2ccc(Br)cc2c(=O)n1N=Cc1cc(C)n(-c2ccc(Oc3ccc([N+](=O)[O-])cn3)cc2)c1C. The third-order valence-corrected chi connectivity index (χ3v) is 7.41. The van der Waals surface area contributed by atoms with Gasteiger partial charge in [0.15, 0.2) is 0 Å². The molecule has 11 heteroatoms. The van der Waals surface area contributed by atoms with Gasteiger partial charge in [0.25, 0.3) is 11.2 Å². The number of hydrogen-bond acceptors (Lipinski definition) is 7. The molecule has 10 nitrogen and oxygen atoms in total. The summed E-state index contributed by atoms with van der Waals surface area (Å²) in [7, 11) is 0. The smallest absolute Gasteiger partial charge is 0.287 e. The lowest BCUT2D eigenvalue weighted by atomic mass is 10.1. The van der Waals surface area contributed by atoms with Crippen LogP contribution < -0.4 is 10.3 Å². The molecule has 0 aliphatic rings. The Bertz CT molecular complexity index is 1840. The number of benzene rings is 2. The third-order valence-electron chi connectivity index (χ3n) is 6.92. The number of nitro groups is 1. The summed E-state index contributed by atoms with van der Waals surface area (Å²) in [5, 5.41) is 16.0. The highest BCUT2D eigenvalue weighted by atomic mass is 79.9. The van der Waals surface area contributed by atoms with E-state index in [1.807, 2.05) is 63.2 Å². The minimum Gasteiger partial charge on any atom is -0.439 e. The van der Waals surface area contributed by atoms with Crippen LogP contribution in [0.2, 0.25) is 0 Å². The van der Waals surface area contributed by atoms with Gasteiger partial charge < -0.3 is 9.30 Å². The second-order valence-corrected chi connectivity index (χ2v) is 10.6. The molecule has 3 aromatic heterocycles. The van der Waals surface area contributed by atoms with E-state index >= 15 is 0 Å². The van der Waals surface area contributed by atoms with Crippen molar-refractivity contribution in [3.8, 4) is 17.3 Å². The van der Waals surface area contributed by atoms with E-state index in [9.17, 15) is 14.9 Å². The van der Waals surface area contributed by atoms with Crippen LogP contribution in [-0.2, 0) is 0 Å². The Morgan fingerprint density at radius 3 is 2.54 bits per heavy atom. The van der Waals surface area contributed by atoms with Crippen LogP contribution in [0.1, 0.15) is 49.0 Å². The van der Waals surface area contributed by atoms with E-state index in [1.165, 1.54) is 16.8 Å². The molecule has 41 heavy (non-hydrogen) atoms. The first-order chi connectivity index (χ1) is 19.7. The maximum Gasteiger partial charge on any atom is 0.287 e. The molecule has 0 bridgehead atoms. The zero-order valence-electron chi connectivity index (χ0n) is 22.9. The van der Waals surface area contributed by atoms with E-state index in [1.54, 1.807) is 12.3 Å². The van der Waals surface area contributed by atoms with Crippen molar-refractivity contribution in [3.63, 3.8) is 0 Å². The van der Waals surface area contributed by atoms with Crippen LogP contribution >= 0.6 is 15.9 Å². The Kier molecular flexibility index (Phi) is 7.80. The van der Waals surface area contributed by atoms with Crippen LogP contribution in [0.3, 0.4) is 0 Å². The molecule has 0 unspecified atom stereocenters. The zero-order valence-corrected chi connectivity index (χ0v) is 24.5. The number of fused-ring (bicyclic) bond motifs is 1. The fourth-order valence-corrected chi connectivity index (χ4v) is 4.90. The molecule has 0 fully saturated rings. The molecular formula is C30H27BrN6O4. The number of ether oxygens (including phenoxy) is 1. The third kappa shape index (κ3) is 5.66. The highest BCUT2D eigenvalue weighted by molar-refractivity contribution is 9.10. The summed E-state index contributed by atoms with van der Waals surface area (Å²) in [6, 6.07) is 17.8. The minimum atomic E-state index is -0.507. The van der Waals surface area contributed by atoms with Crippen LogP contribution in [0.15, 0.2) is 81.2 Å². The first-order valence-electron chi connectivity index (χ1n) is 13.0. The quantitative estimate of drug-likeness (QED) is 0.105. The molecular weight excluding hydrogens is 588 g/mol. The lowest BCUT2D eigenvalue weighted by molar-refractivity contribution is -0.385. The largest absolute Gasteiger partial charge is 0.439 e. The Morgan fingerprint density at radius 2 is 1.88 bits per heavy atom. The Labute approximate surface area is 244 Å². The molecule has 3 heterocycles. The summed E-state index contributed by atoms with van der Waals surface area (Å²) in [6.07, 6.45) is 3.68. The Hall–Kier alpha value is -4.64. The van der Waals surface area contributed by atoms with Crippen LogP contribution in [0.25, 0.3) is 16.6 Å². The number of rotatable bonds is 8. The lowest BCUT2D eigenvalue weighted by Gasteiger charge is -2.14. The van der Waals surface area contributed by atoms with Gasteiger partial charge in [-0.15, -0.1) is 0 Å². The summed E-state index contributed by atoms with van der Waals surface area (Å²) in [4.78, 5) is 32.6. The Morgan fingerprint density at radius 1 is 1.12 bits per heavy atom. The van der Waals surface area contributed by atoms with Crippen molar-refractivity contribution >= 4 is 38.7 Å². The number of aromatic nitrogens is 4. The maximum absolute atomic E-state index is 13.5.